The maximum absolute atomic E-state index is 12.2. The molecular weight excluding hydrogens is 394 g/mol. The van der Waals surface area contributed by atoms with Gasteiger partial charge >= 0.3 is 11.9 Å². The molecule has 0 saturated carbocycles. The highest BCUT2D eigenvalue weighted by atomic mass is 32.2. The van der Waals surface area contributed by atoms with Crippen molar-refractivity contribution in [2.45, 2.75) is 30.6 Å². The van der Waals surface area contributed by atoms with Crippen LogP contribution in [-0.2, 0) is 19.2 Å². The van der Waals surface area contributed by atoms with Gasteiger partial charge < -0.3 is 14.3 Å². The molecule has 0 fully saturated rings. The number of benzene rings is 2. The lowest BCUT2D eigenvalue weighted by atomic mass is 10.1. The van der Waals surface area contributed by atoms with E-state index in [4.69, 9.17) is 9.47 Å². The normalized spacial score (nSPS) is 10.9. The summed E-state index contributed by atoms with van der Waals surface area (Å²) >= 11 is 1.54. The summed E-state index contributed by atoms with van der Waals surface area (Å²) in [5.41, 5.74) is 0.559. The van der Waals surface area contributed by atoms with Crippen molar-refractivity contribution in [1.29, 1.82) is 0 Å². The number of hydrogen-bond acceptors (Lipinski definition) is 8. The van der Waals surface area contributed by atoms with Gasteiger partial charge in [-0.1, -0.05) is 16.9 Å². The second-order valence-electron chi connectivity index (χ2n) is 5.88. The molecule has 0 bridgehead atoms. The summed E-state index contributed by atoms with van der Waals surface area (Å²) in [5.74, 6) is -0.535. The smallest absolute Gasteiger partial charge is 0.331 e. The summed E-state index contributed by atoms with van der Waals surface area (Å²) in [4.78, 5) is 40.2. The third-order valence-corrected chi connectivity index (χ3v) is 4.49. The summed E-state index contributed by atoms with van der Waals surface area (Å²) in [7, 11) is 0. The summed E-state index contributed by atoms with van der Waals surface area (Å²) in [6, 6.07) is 14.6. The van der Waals surface area contributed by atoms with Gasteiger partial charge in [0.25, 0.3) is 0 Å². The molecule has 0 radical (unpaired) electrons. The third-order valence-electron chi connectivity index (χ3n) is 3.47. The highest BCUT2D eigenvalue weighted by Crippen LogP contribution is 2.29. The van der Waals surface area contributed by atoms with Gasteiger partial charge in [0.15, 0.2) is 0 Å². The van der Waals surface area contributed by atoms with Gasteiger partial charge in [0.1, 0.15) is 24.7 Å². The van der Waals surface area contributed by atoms with E-state index < -0.39 is 5.97 Å². The summed E-state index contributed by atoms with van der Waals surface area (Å²) < 4.78 is 10.3. The van der Waals surface area contributed by atoms with Crippen LogP contribution in [0.4, 0.5) is 0 Å². The second kappa shape index (κ2) is 11.0. The summed E-state index contributed by atoms with van der Waals surface area (Å²) in [6.45, 7) is 4.56. The summed E-state index contributed by atoms with van der Waals surface area (Å²) in [5, 5.41) is 3.51. The van der Waals surface area contributed by atoms with Crippen molar-refractivity contribution in [3.8, 4) is 5.75 Å². The number of oxime groups is 1. The Balaban J connectivity index is 1.90. The Morgan fingerprint density at radius 1 is 0.828 bits per heavy atom. The Morgan fingerprint density at radius 2 is 1.41 bits per heavy atom. The first-order valence-electron chi connectivity index (χ1n) is 8.76. The van der Waals surface area contributed by atoms with E-state index in [2.05, 4.69) is 9.99 Å². The molecule has 0 atom stereocenters. The van der Waals surface area contributed by atoms with Crippen LogP contribution in [0, 0.1) is 0 Å². The van der Waals surface area contributed by atoms with Crippen LogP contribution in [0.25, 0.3) is 0 Å². The van der Waals surface area contributed by atoms with Gasteiger partial charge in [-0.05, 0) is 55.5 Å². The van der Waals surface area contributed by atoms with Gasteiger partial charge in [-0.3, -0.25) is 9.59 Å². The number of hydrogen-bond donors (Lipinski definition) is 0. The van der Waals surface area contributed by atoms with Gasteiger partial charge in [0, 0.05) is 29.2 Å². The Labute approximate surface area is 173 Å². The predicted molar refractivity (Wildman–Crippen MR) is 108 cm³/mol. The number of carbonyl (C=O) groups excluding carboxylic acids is 3. The molecule has 0 amide bonds. The van der Waals surface area contributed by atoms with Crippen LogP contribution in [0.5, 0.6) is 5.75 Å². The van der Waals surface area contributed by atoms with Crippen molar-refractivity contribution in [1.82, 2.24) is 0 Å². The van der Waals surface area contributed by atoms with Crippen LogP contribution >= 0.6 is 11.8 Å². The Bertz CT molecular complexity index is 890. The molecule has 0 heterocycles. The molecule has 0 aliphatic heterocycles. The fourth-order valence-corrected chi connectivity index (χ4v) is 2.96. The van der Waals surface area contributed by atoms with E-state index in [1.807, 2.05) is 36.4 Å². The van der Waals surface area contributed by atoms with Crippen LogP contribution < -0.4 is 4.74 Å². The average Bonchev–Trinajstić information content (AvgIpc) is 2.70. The molecular formula is C21H21NO6S. The number of nitrogens with zero attached hydrogens (tertiary/aromatic N) is 1. The van der Waals surface area contributed by atoms with Crippen molar-refractivity contribution in [2.75, 3.05) is 13.2 Å². The fourth-order valence-electron chi connectivity index (χ4n) is 2.14. The molecule has 0 unspecified atom stereocenters. The minimum atomic E-state index is -0.579. The zero-order chi connectivity index (χ0) is 21.2. The van der Waals surface area contributed by atoms with E-state index >= 15 is 0 Å². The lowest BCUT2D eigenvalue weighted by Gasteiger charge is -2.07. The first-order valence-corrected chi connectivity index (χ1v) is 9.58. The molecule has 0 saturated heterocycles. The molecule has 2 aromatic rings. The minimum absolute atomic E-state index is 0.102. The Kier molecular flexibility index (Phi) is 8.42. The Hall–Kier alpha value is -3.13. The molecule has 29 heavy (non-hydrogen) atoms. The van der Waals surface area contributed by atoms with Crippen LogP contribution in [0.3, 0.4) is 0 Å². The van der Waals surface area contributed by atoms with Gasteiger partial charge in [-0.15, -0.1) is 0 Å². The van der Waals surface area contributed by atoms with Gasteiger partial charge in [-0.25, -0.2) is 4.79 Å². The van der Waals surface area contributed by atoms with E-state index in [1.54, 1.807) is 12.1 Å². The summed E-state index contributed by atoms with van der Waals surface area (Å²) in [6.07, 6.45) is 0. The molecule has 2 rings (SSSR count). The van der Waals surface area contributed by atoms with E-state index in [0.717, 1.165) is 9.79 Å². The molecule has 0 spiro atoms. The largest absolute Gasteiger partial charge is 0.490 e. The SMILES string of the molecule is CC(=O)OCCOc1ccc(Sc2ccc(C(=O)/C(C)=N/OC(C)=O)cc2)cc1. The van der Waals surface area contributed by atoms with E-state index in [1.165, 1.54) is 32.5 Å². The first kappa shape index (κ1) is 22.2. The molecule has 2 aromatic carbocycles. The van der Waals surface area contributed by atoms with E-state index in [-0.39, 0.29) is 24.1 Å². The minimum Gasteiger partial charge on any atom is -0.490 e. The van der Waals surface area contributed by atoms with Gasteiger partial charge in [0.2, 0.25) is 5.78 Å². The van der Waals surface area contributed by atoms with Crippen molar-refractivity contribution < 1.29 is 28.7 Å². The fraction of sp³-hybridized carbons (Fsp3) is 0.238. The van der Waals surface area contributed by atoms with Gasteiger partial charge in [-0.2, -0.15) is 0 Å². The number of esters is 1. The van der Waals surface area contributed by atoms with Gasteiger partial charge in [0.05, 0.1) is 0 Å². The van der Waals surface area contributed by atoms with Crippen molar-refractivity contribution in [3.05, 3.63) is 54.1 Å². The third kappa shape index (κ3) is 7.79. The maximum atomic E-state index is 12.2. The molecule has 152 valence electrons. The standard InChI is InChI=1S/C21H21NO6S/c1-14(22-28-16(3)24)21(25)17-4-8-19(9-5-17)29-20-10-6-18(7-11-20)27-13-12-26-15(2)23/h4-11H,12-13H2,1-3H3/b22-14+. The highest BCUT2D eigenvalue weighted by Gasteiger charge is 2.11. The second-order valence-corrected chi connectivity index (χ2v) is 7.02. The van der Waals surface area contributed by atoms with E-state index in [9.17, 15) is 14.4 Å². The molecule has 8 heteroatoms. The number of Topliss-reactive ketones (excluding diaryl/α,β-unsaturated/α-hetero) is 1. The van der Waals surface area contributed by atoms with Crippen LogP contribution in [0.2, 0.25) is 0 Å². The number of ketones is 1. The molecule has 0 aliphatic rings. The lowest BCUT2D eigenvalue weighted by Crippen LogP contribution is -2.11. The quantitative estimate of drug-likeness (QED) is 0.153. The van der Waals surface area contributed by atoms with Crippen molar-refractivity contribution in [2.24, 2.45) is 5.16 Å². The number of rotatable bonds is 9. The molecule has 0 aliphatic carbocycles. The highest BCUT2D eigenvalue weighted by molar-refractivity contribution is 7.99. The van der Waals surface area contributed by atoms with E-state index in [0.29, 0.717) is 17.9 Å². The number of ether oxygens (including phenoxy) is 2. The maximum Gasteiger partial charge on any atom is 0.331 e. The zero-order valence-electron chi connectivity index (χ0n) is 16.3. The van der Waals surface area contributed by atoms with Crippen LogP contribution in [0.15, 0.2) is 63.5 Å². The van der Waals surface area contributed by atoms with Crippen molar-refractivity contribution in [3.63, 3.8) is 0 Å². The van der Waals surface area contributed by atoms with Crippen LogP contribution in [-0.4, -0.2) is 36.6 Å². The zero-order valence-corrected chi connectivity index (χ0v) is 17.2. The average molecular weight is 415 g/mol. The topological polar surface area (TPSA) is 91.3 Å². The van der Waals surface area contributed by atoms with Crippen LogP contribution in [0.1, 0.15) is 31.1 Å². The number of carbonyl (C=O) groups is 3. The predicted octanol–water partition coefficient (Wildman–Crippen LogP) is 3.90. The lowest BCUT2D eigenvalue weighted by molar-refractivity contribution is -0.142. The molecule has 7 nitrogen and oxygen atoms in total. The molecule has 0 aromatic heterocycles. The molecule has 0 N–H and O–H groups in total. The van der Waals surface area contributed by atoms with Crippen molar-refractivity contribution >= 4 is 35.2 Å². The monoisotopic (exact) mass is 415 g/mol. The Morgan fingerprint density at radius 3 is 1.97 bits per heavy atom. The first-order chi connectivity index (χ1) is 13.8.